The highest BCUT2D eigenvalue weighted by atomic mass is 16.5. The summed E-state index contributed by atoms with van der Waals surface area (Å²) in [6, 6.07) is 21.1. The quantitative estimate of drug-likeness (QED) is 0.177. The Bertz CT molecular complexity index is 1560. The van der Waals surface area contributed by atoms with Crippen molar-refractivity contribution in [3.8, 4) is 11.4 Å². The van der Waals surface area contributed by atoms with Crippen LogP contribution in [0.5, 0.6) is 5.75 Å². The van der Waals surface area contributed by atoms with E-state index in [4.69, 9.17) is 14.6 Å². The van der Waals surface area contributed by atoms with E-state index in [1.807, 2.05) is 88.4 Å². The Morgan fingerprint density at radius 1 is 1.05 bits per heavy atom. The molecule has 2 heterocycles. The molecule has 1 aliphatic rings. The zero-order valence-corrected chi connectivity index (χ0v) is 24.1. The fourth-order valence-corrected chi connectivity index (χ4v) is 4.88. The molecule has 1 amide bonds. The number of carbonyl (C=O) groups excluding carboxylic acids is 1. The molecule has 214 valence electrons. The van der Waals surface area contributed by atoms with E-state index in [9.17, 15) is 10.0 Å². The zero-order chi connectivity index (χ0) is 29.0. The van der Waals surface area contributed by atoms with Crippen LogP contribution in [0.4, 0.5) is 5.69 Å². The van der Waals surface area contributed by atoms with Crippen LogP contribution in [0.25, 0.3) is 16.5 Å². The Morgan fingerprint density at radius 3 is 2.51 bits per heavy atom. The molecule has 0 unspecified atom stereocenters. The molecule has 3 aromatic carbocycles. The van der Waals surface area contributed by atoms with Gasteiger partial charge in [0.15, 0.2) is 5.71 Å². The smallest absolute Gasteiger partial charge is 0.279 e. The van der Waals surface area contributed by atoms with Gasteiger partial charge in [0.25, 0.3) is 5.91 Å². The predicted octanol–water partition coefficient (Wildman–Crippen LogP) is 5.16. The van der Waals surface area contributed by atoms with Crippen LogP contribution in [0.3, 0.4) is 0 Å². The van der Waals surface area contributed by atoms with Crippen molar-refractivity contribution in [2.24, 2.45) is 5.16 Å². The van der Waals surface area contributed by atoms with E-state index < -0.39 is 5.91 Å². The van der Waals surface area contributed by atoms with Gasteiger partial charge in [-0.25, -0.2) is 4.68 Å². The number of aromatic nitrogens is 2. The molecular formula is C32H37N5O4. The molecule has 4 aromatic rings. The summed E-state index contributed by atoms with van der Waals surface area (Å²) in [7, 11) is 0. The van der Waals surface area contributed by atoms with Gasteiger partial charge in [-0.2, -0.15) is 5.10 Å². The second-order valence-electron chi connectivity index (χ2n) is 11.3. The molecule has 1 saturated heterocycles. The lowest BCUT2D eigenvalue weighted by Crippen LogP contribution is -2.38. The van der Waals surface area contributed by atoms with E-state index >= 15 is 0 Å². The maximum Gasteiger partial charge on any atom is 0.279 e. The van der Waals surface area contributed by atoms with Gasteiger partial charge in [-0.15, -0.1) is 0 Å². The molecule has 0 aliphatic carbocycles. The van der Waals surface area contributed by atoms with Crippen molar-refractivity contribution in [3.63, 3.8) is 0 Å². The number of morpholine rings is 1. The Labute approximate surface area is 240 Å². The molecule has 5 rings (SSSR count). The Kier molecular flexibility index (Phi) is 8.37. The fourth-order valence-electron chi connectivity index (χ4n) is 4.88. The minimum Gasteiger partial charge on any atom is -0.492 e. The number of hydrogen-bond acceptors (Lipinski definition) is 7. The fraction of sp³-hybridized carbons (Fsp3) is 0.344. The average molecular weight is 556 g/mol. The zero-order valence-electron chi connectivity index (χ0n) is 24.1. The first-order chi connectivity index (χ1) is 19.7. The molecule has 41 heavy (non-hydrogen) atoms. The van der Waals surface area contributed by atoms with Gasteiger partial charge in [0.05, 0.1) is 24.6 Å². The van der Waals surface area contributed by atoms with E-state index in [-0.39, 0.29) is 11.1 Å². The number of nitrogens with zero attached hydrogens (tertiary/aromatic N) is 4. The molecule has 0 atom stereocenters. The van der Waals surface area contributed by atoms with Crippen molar-refractivity contribution in [2.75, 3.05) is 44.8 Å². The molecule has 1 aromatic heterocycles. The third kappa shape index (κ3) is 6.42. The first kappa shape index (κ1) is 28.3. The maximum atomic E-state index is 13.6. The highest BCUT2D eigenvalue weighted by molar-refractivity contribution is 6.48. The number of nitrogens with one attached hydrogen (secondary N) is 1. The van der Waals surface area contributed by atoms with Gasteiger partial charge < -0.3 is 20.0 Å². The van der Waals surface area contributed by atoms with Gasteiger partial charge >= 0.3 is 0 Å². The van der Waals surface area contributed by atoms with Crippen LogP contribution < -0.4 is 10.1 Å². The number of oxime groups is 1. The molecule has 0 radical (unpaired) electrons. The second kappa shape index (κ2) is 12.1. The van der Waals surface area contributed by atoms with Gasteiger partial charge in [-0.05, 0) is 42.8 Å². The molecule has 1 fully saturated rings. The first-order valence-electron chi connectivity index (χ1n) is 13.9. The molecule has 0 saturated carbocycles. The number of anilines is 1. The summed E-state index contributed by atoms with van der Waals surface area (Å²) >= 11 is 0. The number of ether oxygens (including phenoxy) is 2. The molecule has 0 spiro atoms. The summed E-state index contributed by atoms with van der Waals surface area (Å²) in [5.41, 5.74) is 3.16. The number of fused-ring (bicyclic) bond motifs is 1. The summed E-state index contributed by atoms with van der Waals surface area (Å²) in [5, 5.41) is 23.0. The van der Waals surface area contributed by atoms with Crippen molar-refractivity contribution >= 4 is 28.1 Å². The van der Waals surface area contributed by atoms with E-state index in [1.54, 1.807) is 10.7 Å². The van der Waals surface area contributed by atoms with Crippen LogP contribution in [0.15, 0.2) is 71.9 Å². The Balaban J connectivity index is 1.41. The molecule has 1 aliphatic heterocycles. The average Bonchev–Trinajstić information content (AvgIpc) is 3.41. The molecule has 9 heteroatoms. The number of amides is 1. The van der Waals surface area contributed by atoms with Crippen molar-refractivity contribution in [1.29, 1.82) is 0 Å². The van der Waals surface area contributed by atoms with Crippen LogP contribution in [-0.4, -0.2) is 71.0 Å². The molecule has 0 bridgehead atoms. The minimum absolute atomic E-state index is 0.135. The highest BCUT2D eigenvalue weighted by Gasteiger charge is 2.27. The molecule has 9 nitrogen and oxygen atoms in total. The van der Waals surface area contributed by atoms with Gasteiger partial charge in [0.1, 0.15) is 18.1 Å². The lowest BCUT2D eigenvalue weighted by molar-refractivity contribution is -0.110. The molecule has 2 N–H and O–H groups in total. The van der Waals surface area contributed by atoms with Crippen molar-refractivity contribution in [1.82, 2.24) is 14.7 Å². The summed E-state index contributed by atoms with van der Waals surface area (Å²) in [6.07, 6.45) is 0. The second-order valence-corrected chi connectivity index (χ2v) is 11.3. The van der Waals surface area contributed by atoms with Crippen LogP contribution in [-0.2, 0) is 14.9 Å². The van der Waals surface area contributed by atoms with Crippen LogP contribution >= 0.6 is 0 Å². The number of rotatable bonds is 8. The van der Waals surface area contributed by atoms with Crippen molar-refractivity contribution in [3.05, 3.63) is 83.7 Å². The lowest BCUT2D eigenvalue weighted by atomic mass is 9.92. The highest BCUT2D eigenvalue weighted by Crippen LogP contribution is 2.32. The van der Waals surface area contributed by atoms with E-state index in [2.05, 4.69) is 15.4 Å². The Morgan fingerprint density at radius 2 is 1.80 bits per heavy atom. The number of carbonyl (C=O) groups is 1. The number of aryl methyl sites for hydroxylation is 1. The SMILES string of the molecule is Cc1cccc(-n2nc(C(C)(C)C)cc2/C(=N/O)C(=O)Nc2ccc(OCCN3CCOCC3)c3ccccc23)c1. The summed E-state index contributed by atoms with van der Waals surface area (Å²) < 4.78 is 13.2. The predicted molar refractivity (Wildman–Crippen MR) is 161 cm³/mol. The van der Waals surface area contributed by atoms with Crippen molar-refractivity contribution < 1.29 is 19.5 Å². The largest absolute Gasteiger partial charge is 0.492 e. The van der Waals surface area contributed by atoms with Crippen LogP contribution in [0.1, 0.15) is 37.7 Å². The monoisotopic (exact) mass is 555 g/mol. The lowest BCUT2D eigenvalue weighted by Gasteiger charge is -2.26. The summed E-state index contributed by atoms with van der Waals surface area (Å²) in [6.45, 7) is 12.8. The van der Waals surface area contributed by atoms with Gasteiger partial charge in [0.2, 0.25) is 0 Å². The molecular weight excluding hydrogens is 518 g/mol. The summed E-state index contributed by atoms with van der Waals surface area (Å²) in [5.74, 6) is 0.197. The normalized spacial score (nSPS) is 14.8. The standard InChI is InChI=1S/C32H37N5O4/c1-22-8-7-9-23(20-22)37-27(21-29(34-37)32(2,3)4)30(35-39)31(38)33-26-12-13-28(25-11-6-5-10-24(25)26)41-19-16-36-14-17-40-18-15-36/h5-13,20-21,39H,14-19H2,1-4H3,(H,33,38)/b35-30-. The van der Waals surface area contributed by atoms with E-state index in [1.165, 1.54) is 0 Å². The topological polar surface area (TPSA) is 101 Å². The number of benzene rings is 3. The Hall–Kier alpha value is -4.21. The van der Waals surface area contributed by atoms with Crippen LogP contribution in [0, 0.1) is 6.92 Å². The van der Waals surface area contributed by atoms with Crippen molar-refractivity contribution in [2.45, 2.75) is 33.1 Å². The third-order valence-corrected chi connectivity index (χ3v) is 7.18. The van der Waals surface area contributed by atoms with Gasteiger partial charge in [-0.1, -0.05) is 62.3 Å². The van der Waals surface area contributed by atoms with Gasteiger partial charge in [-0.3, -0.25) is 9.69 Å². The first-order valence-corrected chi connectivity index (χ1v) is 13.9. The third-order valence-electron chi connectivity index (χ3n) is 7.18. The van der Waals surface area contributed by atoms with Gasteiger partial charge in [0, 0.05) is 41.5 Å². The summed E-state index contributed by atoms with van der Waals surface area (Å²) in [4.78, 5) is 16.0. The van der Waals surface area contributed by atoms with E-state index in [0.717, 1.165) is 66.3 Å². The maximum absolute atomic E-state index is 13.6. The van der Waals surface area contributed by atoms with E-state index in [0.29, 0.717) is 18.0 Å². The van der Waals surface area contributed by atoms with Crippen LogP contribution in [0.2, 0.25) is 0 Å². The number of hydrogen-bond donors (Lipinski definition) is 2. The minimum atomic E-state index is -0.548.